The molecule has 0 aliphatic heterocycles. The Morgan fingerprint density at radius 1 is 1.64 bits per heavy atom. The van der Waals surface area contributed by atoms with Crippen LogP contribution in [-0.4, -0.2) is 31.1 Å². The van der Waals surface area contributed by atoms with Gasteiger partial charge >= 0.3 is 5.97 Å². The minimum atomic E-state index is -0.283. The third-order valence-electron chi connectivity index (χ3n) is 1.79. The molecule has 0 aliphatic rings. The molecule has 78 valence electrons. The molecular formula is C10H16N2O2. The van der Waals surface area contributed by atoms with Crippen molar-refractivity contribution in [3.63, 3.8) is 0 Å². The number of nitriles is 1. The average Bonchev–Trinajstić information content (AvgIpc) is 2.22. The molecule has 0 aromatic rings. The van der Waals surface area contributed by atoms with Crippen molar-refractivity contribution in [2.45, 2.75) is 19.3 Å². The summed E-state index contributed by atoms with van der Waals surface area (Å²) in [6.07, 6.45) is 5.88. The summed E-state index contributed by atoms with van der Waals surface area (Å²) in [6, 6.07) is 0. The van der Waals surface area contributed by atoms with Crippen molar-refractivity contribution in [2.75, 3.05) is 20.2 Å². The third-order valence-corrected chi connectivity index (χ3v) is 1.79. The van der Waals surface area contributed by atoms with Crippen LogP contribution in [0.25, 0.3) is 0 Å². The summed E-state index contributed by atoms with van der Waals surface area (Å²) in [6.45, 7) is 4.69. The fourth-order valence-corrected chi connectivity index (χ4v) is 0.967. The summed E-state index contributed by atoms with van der Waals surface area (Å²) in [5.41, 5.74) is 0. The lowest BCUT2D eigenvalue weighted by Gasteiger charge is -2.13. The average molecular weight is 196 g/mol. The molecule has 0 atom stereocenters. The topological polar surface area (TPSA) is 53.3 Å². The standard InChI is InChI=1S/C10H16N2O2/c1-3-4-5-7-12(9-11)8-6-10(13)14-2/h3H,1,4-8H2,2H3. The molecule has 0 fully saturated rings. The third kappa shape index (κ3) is 6.06. The molecule has 0 aromatic carbocycles. The molecule has 14 heavy (non-hydrogen) atoms. The van der Waals surface area contributed by atoms with E-state index in [4.69, 9.17) is 5.26 Å². The second-order valence-corrected chi connectivity index (χ2v) is 2.84. The predicted molar refractivity (Wildman–Crippen MR) is 53.3 cm³/mol. The molecule has 0 saturated carbocycles. The first kappa shape index (κ1) is 12.5. The van der Waals surface area contributed by atoms with E-state index in [1.807, 2.05) is 12.3 Å². The molecule has 0 heterocycles. The van der Waals surface area contributed by atoms with Gasteiger partial charge in [0.2, 0.25) is 0 Å². The Morgan fingerprint density at radius 2 is 2.36 bits per heavy atom. The number of esters is 1. The van der Waals surface area contributed by atoms with Gasteiger partial charge in [0, 0.05) is 13.1 Å². The molecule has 0 saturated heterocycles. The van der Waals surface area contributed by atoms with Gasteiger partial charge in [-0.25, -0.2) is 0 Å². The Hall–Kier alpha value is -1.50. The van der Waals surface area contributed by atoms with Gasteiger partial charge in [-0.05, 0) is 12.8 Å². The zero-order valence-corrected chi connectivity index (χ0v) is 8.53. The molecule has 0 N–H and O–H groups in total. The first-order valence-corrected chi connectivity index (χ1v) is 4.57. The van der Waals surface area contributed by atoms with E-state index in [2.05, 4.69) is 11.3 Å². The van der Waals surface area contributed by atoms with Crippen LogP contribution in [-0.2, 0) is 9.53 Å². The number of carbonyl (C=O) groups is 1. The van der Waals surface area contributed by atoms with Crippen LogP contribution in [0.15, 0.2) is 12.7 Å². The number of allylic oxidation sites excluding steroid dienone is 1. The maximum absolute atomic E-state index is 10.8. The van der Waals surface area contributed by atoms with Crippen molar-refractivity contribution in [2.24, 2.45) is 0 Å². The second kappa shape index (κ2) is 8.11. The van der Waals surface area contributed by atoms with Crippen molar-refractivity contribution in [3.05, 3.63) is 12.7 Å². The minimum Gasteiger partial charge on any atom is -0.469 e. The van der Waals surface area contributed by atoms with Crippen LogP contribution in [0.5, 0.6) is 0 Å². The highest BCUT2D eigenvalue weighted by atomic mass is 16.5. The molecule has 4 heteroatoms. The van der Waals surface area contributed by atoms with E-state index in [0.717, 1.165) is 12.8 Å². The van der Waals surface area contributed by atoms with E-state index in [-0.39, 0.29) is 12.4 Å². The summed E-state index contributed by atoms with van der Waals surface area (Å²) in [5, 5.41) is 8.71. The van der Waals surface area contributed by atoms with Crippen LogP contribution in [0.2, 0.25) is 0 Å². The fourth-order valence-electron chi connectivity index (χ4n) is 0.967. The van der Waals surface area contributed by atoms with Gasteiger partial charge in [-0.3, -0.25) is 4.79 Å². The van der Waals surface area contributed by atoms with Gasteiger partial charge in [0.1, 0.15) is 0 Å². The maximum atomic E-state index is 10.8. The van der Waals surface area contributed by atoms with Crippen molar-refractivity contribution in [3.8, 4) is 6.19 Å². The van der Waals surface area contributed by atoms with Crippen LogP contribution < -0.4 is 0 Å². The summed E-state index contributed by atoms with van der Waals surface area (Å²) in [4.78, 5) is 12.3. The Bertz CT molecular complexity index is 221. The SMILES string of the molecule is C=CCCCN(C#N)CCC(=O)OC. The largest absolute Gasteiger partial charge is 0.469 e. The van der Waals surface area contributed by atoms with Crippen LogP contribution >= 0.6 is 0 Å². The number of methoxy groups -OCH3 is 1. The molecule has 4 nitrogen and oxygen atoms in total. The van der Waals surface area contributed by atoms with Gasteiger partial charge in [0.05, 0.1) is 13.5 Å². The molecule has 0 amide bonds. The summed E-state index contributed by atoms with van der Waals surface area (Å²) in [5.74, 6) is -0.283. The lowest BCUT2D eigenvalue weighted by Crippen LogP contribution is -2.22. The van der Waals surface area contributed by atoms with E-state index >= 15 is 0 Å². The Labute approximate surface area is 84.8 Å². The highest BCUT2D eigenvalue weighted by Crippen LogP contribution is 1.97. The predicted octanol–water partition coefficient (Wildman–Crippen LogP) is 1.30. The zero-order chi connectivity index (χ0) is 10.8. The molecule has 0 aliphatic carbocycles. The highest BCUT2D eigenvalue weighted by Gasteiger charge is 2.05. The van der Waals surface area contributed by atoms with Gasteiger partial charge in [-0.1, -0.05) is 6.08 Å². The lowest BCUT2D eigenvalue weighted by atomic mass is 10.3. The molecule has 0 bridgehead atoms. The summed E-state index contributed by atoms with van der Waals surface area (Å²) in [7, 11) is 1.34. The quantitative estimate of drug-likeness (QED) is 0.202. The van der Waals surface area contributed by atoms with E-state index in [1.165, 1.54) is 7.11 Å². The number of carbonyl (C=O) groups excluding carboxylic acids is 1. The number of ether oxygens (including phenoxy) is 1. The molecule has 0 unspecified atom stereocenters. The van der Waals surface area contributed by atoms with Crippen molar-refractivity contribution >= 4 is 5.97 Å². The van der Waals surface area contributed by atoms with Crippen LogP contribution in [0.4, 0.5) is 0 Å². The number of hydrogen-bond donors (Lipinski definition) is 0. The van der Waals surface area contributed by atoms with Gasteiger partial charge < -0.3 is 9.64 Å². The number of nitrogens with zero attached hydrogens (tertiary/aromatic N) is 2. The summed E-state index contributed by atoms with van der Waals surface area (Å²) >= 11 is 0. The maximum Gasteiger partial charge on any atom is 0.307 e. The van der Waals surface area contributed by atoms with Crippen LogP contribution in [0.1, 0.15) is 19.3 Å². The highest BCUT2D eigenvalue weighted by molar-refractivity contribution is 5.69. The molecule has 0 spiro atoms. The first-order valence-electron chi connectivity index (χ1n) is 4.57. The molecule has 0 radical (unpaired) electrons. The Balaban J connectivity index is 3.64. The molecular weight excluding hydrogens is 180 g/mol. The molecule has 0 aromatic heterocycles. The van der Waals surface area contributed by atoms with Gasteiger partial charge in [0.15, 0.2) is 6.19 Å². The van der Waals surface area contributed by atoms with Crippen LogP contribution in [0.3, 0.4) is 0 Å². The Kier molecular flexibility index (Phi) is 7.24. The van der Waals surface area contributed by atoms with E-state index in [0.29, 0.717) is 13.1 Å². The first-order chi connectivity index (χ1) is 6.74. The van der Waals surface area contributed by atoms with Gasteiger partial charge in [-0.15, -0.1) is 6.58 Å². The fraction of sp³-hybridized carbons (Fsp3) is 0.600. The van der Waals surface area contributed by atoms with Crippen LogP contribution in [0, 0.1) is 11.5 Å². The monoisotopic (exact) mass is 196 g/mol. The smallest absolute Gasteiger partial charge is 0.307 e. The number of rotatable bonds is 7. The zero-order valence-electron chi connectivity index (χ0n) is 8.53. The lowest BCUT2D eigenvalue weighted by molar-refractivity contribution is -0.140. The van der Waals surface area contributed by atoms with E-state index in [1.54, 1.807) is 4.90 Å². The van der Waals surface area contributed by atoms with Gasteiger partial charge in [0.25, 0.3) is 0 Å². The van der Waals surface area contributed by atoms with Crippen molar-refractivity contribution in [1.82, 2.24) is 4.90 Å². The van der Waals surface area contributed by atoms with Gasteiger partial charge in [-0.2, -0.15) is 5.26 Å². The molecule has 0 rings (SSSR count). The summed E-state index contributed by atoms with van der Waals surface area (Å²) < 4.78 is 4.48. The second-order valence-electron chi connectivity index (χ2n) is 2.84. The van der Waals surface area contributed by atoms with Crippen molar-refractivity contribution < 1.29 is 9.53 Å². The number of hydrogen-bond acceptors (Lipinski definition) is 4. The van der Waals surface area contributed by atoms with E-state index in [9.17, 15) is 4.79 Å². The minimum absolute atomic E-state index is 0.262. The Morgan fingerprint density at radius 3 is 2.86 bits per heavy atom. The normalized spacial score (nSPS) is 8.86. The van der Waals surface area contributed by atoms with E-state index < -0.39 is 0 Å². The number of unbranched alkanes of at least 4 members (excludes halogenated alkanes) is 1. The van der Waals surface area contributed by atoms with Crippen molar-refractivity contribution in [1.29, 1.82) is 5.26 Å².